The summed E-state index contributed by atoms with van der Waals surface area (Å²) in [4.78, 5) is 24.1. The first kappa shape index (κ1) is 15.9. The molecule has 0 spiro atoms. The fourth-order valence-electron chi connectivity index (χ4n) is 2.05. The zero-order valence-electron chi connectivity index (χ0n) is 10.7. The smallest absolute Gasteiger partial charge is 0.315 e. The van der Waals surface area contributed by atoms with E-state index in [2.05, 4.69) is 4.72 Å². The van der Waals surface area contributed by atoms with Gasteiger partial charge in [-0.3, -0.25) is 9.59 Å². The fourth-order valence-corrected chi connectivity index (χ4v) is 2.51. The van der Waals surface area contributed by atoms with Crippen LogP contribution in [-0.2, 0) is 19.8 Å². The van der Waals surface area contributed by atoms with Crippen molar-refractivity contribution in [2.45, 2.75) is 19.8 Å². The van der Waals surface area contributed by atoms with Gasteiger partial charge in [0, 0.05) is 19.6 Å². The summed E-state index contributed by atoms with van der Waals surface area (Å²) in [7, 11) is -3.74. The molecule has 8 nitrogen and oxygen atoms in total. The molecule has 0 saturated carbocycles. The number of likely N-dealkylation sites (tertiary alicyclic amines) is 1. The lowest BCUT2D eigenvalue weighted by Crippen LogP contribution is -2.47. The number of piperidine rings is 1. The highest BCUT2D eigenvalue weighted by Crippen LogP contribution is 2.18. The van der Waals surface area contributed by atoms with Crippen LogP contribution in [0.25, 0.3) is 0 Å². The number of hydrogen-bond acceptors (Lipinski definition) is 4. The van der Waals surface area contributed by atoms with Gasteiger partial charge in [0.2, 0.25) is 5.91 Å². The van der Waals surface area contributed by atoms with Crippen molar-refractivity contribution in [3.8, 4) is 0 Å². The number of carboxylic acids is 1. The number of nitrogens with zero attached hydrogens (tertiary/aromatic N) is 1. The first-order valence-electron chi connectivity index (χ1n) is 5.99. The molecule has 0 radical (unpaired) electrons. The van der Waals surface area contributed by atoms with E-state index in [1.165, 1.54) is 11.8 Å². The van der Waals surface area contributed by atoms with E-state index in [1.54, 1.807) is 0 Å². The Balaban J connectivity index is 2.55. The van der Waals surface area contributed by atoms with Crippen LogP contribution >= 0.6 is 0 Å². The van der Waals surface area contributed by atoms with E-state index < -0.39 is 28.0 Å². The van der Waals surface area contributed by atoms with Gasteiger partial charge in [0.15, 0.2) is 0 Å². The van der Waals surface area contributed by atoms with Crippen LogP contribution in [-0.4, -0.2) is 49.9 Å². The van der Waals surface area contributed by atoms with Crippen LogP contribution < -0.4 is 9.86 Å². The van der Waals surface area contributed by atoms with E-state index in [-0.39, 0.29) is 12.5 Å². The van der Waals surface area contributed by atoms with Crippen molar-refractivity contribution in [1.29, 1.82) is 0 Å². The summed E-state index contributed by atoms with van der Waals surface area (Å²) in [5.41, 5.74) is 0. The Labute approximate surface area is 112 Å². The molecular formula is C10H19N3O5S. The van der Waals surface area contributed by atoms with Crippen LogP contribution in [0.1, 0.15) is 19.8 Å². The summed E-state index contributed by atoms with van der Waals surface area (Å²) in [6, 6.07) is 0. The van der Waals surface area contributed by atoms with Gasteiger partial charge >= 0.3 is 5.97 Å². The first-order valence-corrected chi connectivity index (χ1v) is 7.54. The number of rotatable bonds is 5. The van der Waals surface area contributed by atoms with Crippen molar-refractivity contribution in [3.63, 3.8) is 0 Å². The summed E-state index contributed by atoms with van der Waals surface area (Å²) in [6.07, 6.45) is 1.49. The highest BCUT2D eigenvalue weighted by Gasteiger charge is 2.30. The minimum absolute atomic E-state index is 0.0444. The lowest BCUT2D eigenvalue weighted by molar-refractivity contribution is -0.151. The molecule has 2 unspecified atom stereocenters. The molecule has 19 heavy (non-hydrogen) atoms. The predicted molar refractivity (Wildman–Crippen MR) is 67.2 cm³/mol. The monoisotopic (exact) mass is 293 g/mol. The molecule has 0 aromatic heterocycles. The largest absolute Gasteiger partial charge is 0.481 e. The van der Waals surface area contributed by atoms with E-state index in [1.807, 2.05) is 0 Å². The van der Waals surface area contributed by atoms with Crippen molar-refractivity contribution < 1.29 is 23.1 Å². The normalized spacial score (nSPS) is 22.0. The topological polar surface area (TPSA) is 130 Å². The highest BCUT2D eigenvalue weighted by molar-refractivity contribution is 7.87. The molecule has 2 atom stereocenters. The quantitative estimate of drug-likeness (QED) is 0.545. The maximum atomic E-state index is 11.9. The summed E-state index contributed by atoms with van der Waals surface area (Å²) in [6.45, 7) is 2.35. The maximum absolute atomic E-state index is 11.9. The maximum Gasteiger partial charge on any atom is 0.315 e. The molecule has 4 N–H and O–H groups in total. The molecule has 1 rings (SSSR count). The van der Waals surface area contributed by atoms with Crippen LogP contribution in [0.4, 0.5) is 0 Å². The molecule has 1 heterocycles. The molecule has 0 aromatic carbocycles. The Bertz CT molecular complexity index is 450. The number of carbonyl (C=O) groups excluding carboxylic acids is 1. The van der Waals surface area contributed by atoms with Crippen molar-refractivity contribution in [2.24, 2.45) is 17.0 Å². The van der Waals surface area contributed by atoms with Crippen LogP contribution in [0.2, 0.25) is 0 Å². The number of aliphatic carboxylic acids is 1. The number of carboxylic acid groups (broad SMARTS) is 1. The number of nitrogens with one attached hydrogen (secondary N) is 1. The third-order valence-corrected chi connectivity index (χ3v) is 3.71. The molecule has 0 aliphatic carbocycles. The van der Waals surface area contributed by atoms with Crippen LogP contribution in [0.3, 0.4) is 0 Å². The van der Waals surface area contributed by atoms with Crippen molar-refractivity contribution in [3.05, 3.63) is 0 Å². The summed E-state index contributed by atoms with van der Waals surface area (Å²) < 4.78 is 23.8. The fraction of sp³-hybridized carbons (Fsp3) is 0.800. The first-order chi connectivity index (χ1) is 8.70. The Morgan fingerprint density at radius 2 is 2.16 bits per heavy atom. The van der Waals surface area contributed by atoms with Gasteiger partial charge in [0.1, 0.15) is 5.92 Å². The van der Waals surface area contributed by atoms with Gasteiger partial charge in [-0.2, -0.15) is 8.42 Å². The van der Waals surface area contributed by atoms with Gasteiger partial charge in [-0.1, -0.05) is 0 Å². The number of carbonyl (C=O) groups is 2. The second-order valence-electron chi connectivity index (χ2n) is 4.75. The number of nitrogens with two attached hydrogens (primary N) is 1. The van der Waals surface area contributed by atoms with E-state index in [4.69, 9.17) is 10.2 Å². The molecular weight excluding hydrogens is 274 g/mol. The Kier molecular flexibility index (Phi) is 5.27. The van der Waals surface area contributed by atoms with E-state index in [9.17, 15) is 18.0 Å². The van der Waals surface area contributed by atoms with Gasteiger partial charge in [-0.25, -0.2) is 9.86 Å². The van der Waals surface area contributed by atoms with E-state index in [0.717, 1.165) is 12.8 Å². The SMILES string of the molecule is CC(C(=O)O)C(=O)N1CCCC(CNS(N)(=O)=O)C1. The molecule has 0 bridgehead atoms. The Hall–Kier alpha value is -1.19. The van der Waals surface area contributed by atoms with Crippen molar-refractivity contribution in [2.75, 3.05) is 19.6 Å². The standard InChI is InChI=1S/C10H19N3O5S/c1-7(10(15)16)9(14)13-4-2-3-8(6-13)5-12-19(11,17)18/h7-8,12H,2-6H2,1H3,(H,15,16)(H2,11,17,18). The summed E-state index contributed by atoms with van der Waals surface area (Å²) in [5, 5.41) is 13.6. The third kappa shape index (κ3) is 5.13. The van der Waals surface area contributed by atoms with Gasteiger partial charge < -0.3 is 10.0 Å². The molecule has 9 heteroatoms. The van der Waals surface area contributed by atoms with E-state index in [0.29, 0.717) is 13.1 Å². The average molecular weight is 293 g/mol. The second-order valence-corrected chi connectivity index (χ2v) is 6.12. The van der Waals surface area contributed by atoms with Gasteiger partial charge in [-0.05, 0) is 25.7 Å². The third-order valence-electron chi connectivity index (χ3n) is 3.14. The minimum Gasteiger partial charge on any atom is -0.481 e. The molecule has 1 aliphatic heterocycles. The van der Waals surface area contributed by atoms with Gasteiger partial charge in [-0.15, -0.1) is 0 Å². The number of amides is 1. The minimum atomic E-state index is -3.74. The molecule has 0 aromatic rings. The number of hydrogen-bond donors (Lipinski definition) is 3. The second kappa shape index (κ2) is 6.31. The lowest BCUT2D eigenvalue weighted by atomic mass is 9.97. The van der Waals surface area contributed by atoms with Crippen LogP contribution in [0.5, 0.6) is 0 Å². The average Bonchev–Trinajstić information content (AvgIpc) is 2.34. The molecule has 1 aliphatic rings. The lowest BCUT2D eigenvalue weighted by Gasteiger charge is -2.33. The summed E-state index contributed by atoms with van der Waals surface area (Å²) in [5.74, 6) is -2.72. The van der Waals surface area contributed by atoms with Gasteiger partial charge in [0.05, 0.1) is 0 Å². The van der Waals surface area contributed by atoms with Gasteiger partial charge in [0.25, 0.3) is 10.2 Å². The van der Waals surface area contributed by atoms with E-state index >= 15 is 0 Å². The van der Waals surface area contributed by atoms with Crippen LogP contribution in [0.15, 0.2) is 0 Å². The van der Waals surface area contributed by atoms with Crippen molar-refractivity contribution >= 4 is 22.1 Å². The molecule has 110 valence electrons. The highest BCUT2D eigenvalue weighted by atomic mass is 32.2. The van der Waals surface area contributed by atoms with Crippen LogP contribution in [0, 0.1) is 11.8 Å². The van der Waals surface area contributed by atoms with Crippen molar-refractivity contribution in [1.82, 2.24) is 9.62 Å². The Morgan fingerprint density at radius 3 is 2.68 bits per heavy atom. The summed E-state index contributed by atoms with van der Waals surface area (Å²) >= 11 is 0. The Morgan fingerprint density at radius 1 is 1.53 bits per heavy atom. The molecule has 1 saturated heterocycles. The zero-order valence-corrected chi connectivity index (χ0v) is 11.5. The molecule has 1 amide bonds. The zero-order chi connectivity index (χ0) is 14.6. The molecule has 1 fully saturated rings. The predicted octanol–water partition coefficient (Wildman–Crippen LogP) is -1.26.